The van der Waals surface area contributed by atoms with Gasteiger partial charge in [0.15, 0.2) is 0 Å². The molecule has 2 aliphatic rings. The maximum absolute atomic E-state index is 13.1. The van der Waals surface area contributed by atoms with Gasteiger partial charge >= 0.3 is 0 Å². The molecule has 0 radical (unpaired) electrons. The number of alkyl halides is 2. The van der Waals surface area contributed by atoms with E-state index >= 15 is 0 Å². The third-order valence-corrected chi connectivity index (χ3v) is 3.94. The second-order valence-corrected chi connectivity index (χ2v) is 4.90. The zero-order valence-corrected chi connectivity index (χ0v) is 7.72. The van der Waals surface area contributed by atoms with Crippen LogP contribution in [-0.2, 0) is 0 Å². The van der Waals surface area contributed by atoms with Crippen molar-refractivity contribution in [1.29, 1.82) is 0 Å². The van der Waals surface area contributed by atoms with Crippen molar-refractivity contribution < 1.29 is 8.78 Å². The normalized spacial score (nSPS) is 40.5. The van der Waals surface area contributed by atoms with Gasteiger partial charge in [-0.15, -0.1) is 0 Å². The van der Waals surface area contributed by atoms with Crippen molar-refractivity contribution in [3.8, 4) is 0 Å². The average molecular weight is 193 g/mol. The summed E-state index contributed by atoms with van der Waals surface area (Å²) in [5, 5.41) is 3.25. The molecule has 2 saturated heterocycles. The number of thioether (sulfide) groups is 1. The lowest BCUT2D eigenvalue weighted by Crippen LogP contribution is -2.54. The second kappa shape index (κ2) is 2.84. The number of hydrogen-bond acceptors (Lipinski definition) is 2. The van der Waals surface area contributed by atoms with Crippen LogP contribution in [0.3, 0.4) is 0 Å². The van der Waals surface area contributed by atoms with Gasteiger partial charge in [-0.25, -0.2) is 8.78 Å². The van der Waals surface area contributed by atoms with E-state index in [-0.39, 0.29) is 18.4 Å². The van der Waals surface area contributed by atoms with E-state index in [4.69, 9.17) is 0 Å². The molecule has 0 bridgehead atoms. The first kappa shape index (κ1) is 8.75. The fourth-order valence-electron chi connectivity index (χ4n) is 2.04. The fourth-order valence-corrected chi connectivity index (χ4v) is 3.46. The Labute approximate surface area is 75.3 Å². The first-order valence-corrected chi connectivity index (χ1v) is 5.48. The Kier molecular flexibility index (Phi) is 2.07. The van der Waals surface area contributed by atoms with Crippen LogP contribution in [0.4, 0.5) is 8.78 Å². The predicted octanol–water partition coefficient (Wildman–Crippen LogP) is 1.88. The van der Waals surface area contributed by atoms with Crippen LogP contribution in [0.15, 0.2) is 0 Å². The summed E-state index contributed by atoms with van der Waals surface area (Å²) >= 11 is 1.78. The smallest absolute Gasteiger partial charge is 0.251 e. The number of halogens is 2. The molecule has 70 valence electrons. The molecular weight excluding hydrogens is 180 g/mol. The average Bonchev–Trinajstić information content (AvgIpc) is 2.34. The van der Waals surface area contributed by atoms with Crippen LogP contribution in [0.2, 0.25) is 0 Å². The molecule has 2 heterocycles. The largest absolute Gasteiger partial charge is 0.310 e. The molecule has 2 aliphatic heterocycles. The highest BCUT2D eigenvalue weighted by molar-refractivity contribution is 7.99. The molecule has 12 heavy (non-hydrogen) atoms. The Morgan fingerprint density at radius 2 is 2.08 bits per heavy atom. The Balaban J connectivity index is 2.07. The summed E-state index contributed by atoms with van der Waals surface area (Å²) in [7, 11) is 0. The third-order valence-electron chi connectivity index (χ3n) is 2.69. The van der Waals surface area contributed by atoms with Crippen molar-refractivity contribution in [2.24, 2.45) is 0 Å². The van der Waals surface area contributed by atoms with Gasteiger partial charge < -0.3 is 5.32 Å². The van der Waals surface area contributed by atoms with Crippen LogP contribution in [-0.4, -0.2) is 29.5 Å². The molecule has 4 heteroatoms. The molecule has 0 amide bonds. The lowest BCUT2D eigenvalue weighted by Gasteiger charge is -2.38. The maximum atomic E-state index is 13.1. The Hall–Kier alpha value is 0.170. The molecule has 1 spiro atoms. The molecule has 1 atom stereocenters. The molecule has 0 aromatic carbocycles. The predicted molar refractivity (Wildman–Crippen MR) is 46.9 cm³/mol. The maximum Gasteiger partial charge on any atom is 0.251 e. The fraction of sp³-hybridized carbons (Fsp3) is 1.00. The summed E-state index contributed by atoms with van der Waals surface area (Å²) in [5.74, 6) is -0.526. The van der Waals surface area contributed by atoms with E-state index in [0.717, 1.165) is 17.9 Å². The molecular formula is C8H13F2NS. The van der Waals surface area contributed by atoms with E-state index in [9.17, 15) is 8.78 Å². The Morgan fingerprint density at radius 3 is 2.67 bits per heavy atom. The van der Waals surface area contributed by atoms with Gasteiger partial charge in [0.2, 0.25) is 0 Å². The van der Waals surface area contributed by atoms with Crippen molar-refractivity contribution in [1.82, 2.24) is 5.32 Å². The van der Waals surface area contributed by atoms with Crippen LogP contribution in [0.25, 0.3) is 0 Å². The highest BCUT2D eigenvalue weighted by Gasteiger charge is 2.46. The van der Waals surface area contributed by atoms with Gasteiger partial charge in [0, 0.05) is 30.7 Å². The minimum atomic E-state index is -2.42. The van der Waals surface area contributed by atoms with E-state index in [0.29, 0.717) is 6.54 Å². The Bertz CT molecular complexity index is 178. The van der Waals surface area contributed by atoms with E-state index in [1.807, 2.05) is 0 Å². The van der Waals surface area contributed by atoms with Gasteiger partial charge in [-0.05, 0) is 12.2 Å². The van der Waals surface area contributed by atoms with Gasteiger partial charge in [0.05, 0.1) is 0 Å². The van der Waals surface area contributed by atoms with E-state index < -0.39 is 5.92 Å². The summed E-state index contributed by atoms with van der Waals surface area (Å²) in [6.07, 6.45) is 0.972. The van der Waals surface area contributed by atoms with Crippen molar-refractivity contribution in [2.75, 3.05) is 18.1 Å². The summed E-state index contributed by atoms with van der Waals surface area (Å²) in [6.45, 7) is 0.480. The van der Waals surface area contributed by atoms with Gasteiger partial charge in [0.25, 0.3) is 5.92 Å². The van der Waals surface area contributed by atoms with Crippen molar-refractivity contribution in [3.63, 3.8) is 0 Å². The van der Waals surface area contributed by atoms with E-state index in [1.54, 1.807) is 11.8 Å². The van der Waals surface area contributed by atoms with Gasteiger partial charge in [0.1, 0.15) is 0 Å². The van der Waals surface area contributed by atoms with Crippen molar-refractivity contribution in [3.05, 3.63) is 0 Å². The zero-order valence-electron chi connectivity index (χ0n) is 6.91. The van der Waals surface area contributed by atoms with Crippen LogP contribution >= 0.6 is 11.8 Å². The lowest BCUT2D eigenvalue weighted by atomic mass is 9.86. The van der Waals surface area contributed by atoms with Crippen LogP contribution in [0, 0.1) is 0 Å². The lowest BCUT2D eigenvalue weighted by molar-refractivity contribution is -0.0580. The summed E-state index contributed by atoms with van der Waals surface area (Å²) in [6, 6.07) is 0. The molecule has 1 nitrogen and oxygen atoms in total. The van der Waals surface area contributed by atoms with Gasteiger partial charge in [-0.2, -0.15) is 11.8 Å². The van der Waals surface area contributed by atoms with Crippen LogP contribution < -0.4 is 5.32 Å². The highest BCUT2D eigenvalue weighted by atomic mass is 32.2. The molecule has 0 saturated carbocycles. The second-order valence-electron chi connectivity index (χ2n) is 3.79. The minimum Gasteiger partial charge on any atom is -0.310 e. The van der Waals surface area contributed by atoms with Crippen LogP contribution in [0.5, 0.6) is 0 Å². The Morgan fingerprint density at radius 1 is 1.25 bits per heavy atom. The quantitative estimate of drug-likeness (QED) is 0.630. The molecule has 0 aromatic heterocycles. The monoisotopic (exact) mass is 193 g/mol. The standard InChI is InChI=1S/C8H13F2NS/c9-8(10)1-3-11-7(5-8)2-4-12-6-7/h11H,1-6H2. The molecule has 1 N–H and O–H groups in total. The van der Waals surface area contributed by atoms with Gasteiger partial charge in [-0.3, -0.25) is 0 Å². The highest BCUT2D eigenvalue weighted by Crippen LogP contribution is 2.40. The molecule has 0 aliphatic carbocycles. The van der Waals surface area contributed by atoms with E-state index in [1.165, 1.54) is 0 Å². The topological polar surface area (TPSA) is 12.0 Å². The van der Waals surface area contributed by atoms with Crippen molar-refractivity contribution in [2.45, 2.75) is 30.7 Å². The van der Waals surface area contributed by atoms with Crippen LogP contribution in [0.1, 0.15) is 19.3 Å². The minimum absolute atomic E-state index is 0.0133. The molecule has 2 fully saturated rings. The molecule has 1 unspecified atom stereocenters. The summed E-state index contributed by atoms with van der Waals surface area (Å²) < 4.78 is 26.1. The SMILES string of the molecule is FC1(F)CCNC2(CCSC2)C1. The summed E-state index contributed by atoms with van der Waals surface area (Å²) in [5.41, 5.74) is -0.230. The number of piperidine rings is 1. The zero-order chi connectivity index (χ0) is 8.66. The first-order chi connectivity index (χ1) is 5.62. The van der Waals surface area contributed by atoms with E-state index in [2.05, 4.69) is 5.32 Å². The first-order valence-electron chi connectivity index (χ1n) is 4.33. The molecule has 0 aromatic rings. The molecule has 2 rings (SSSR count). The third kappa shape index (κ3) is 1.59. The summed E-state index contributed by atoms with van der Waals surface area (Å²) in [4.78, 5) is 0. The number of rotatable bonds is 0. The number of hydrogen-bond donors (Lipinski definition) is 1. The van der Waals surface area contributed by atoms with Gasteiger partial charge in [-0.1, -0.05) is 0 Å². The number of nitrogens with one attached hydrogen (secondary N) is 1. The van der Waals surface area contributed by atoms with Crippen molar-refractivity contribution >= 4 is 11.8 Å².